The van der Waals surface area contributed by atoms with E-state index >= 15 is 0 Å². The summed E-state index contributed by atoms with van der Waals surface area (Å²) >= 11 is 0. The number of carbonyl (C=O) groups excluding carboxylic acids is 3. The third-order valence-electron chi connectivity index (χ3n) is 11.8. The monoisotopic (exact) mass is 835 g/mol. The maximum atomic E-state index is 14.5. The fourth-order valence-electron chi connectivity index (χ4n) is 7.83. The van der Waals surface area contributed by atoms with Crippen molar-refractivity contribution in [1.29, 1.82) is 0 Å². The Hall–Kier alpha value is -4.92. The summed E-state index contributed by atoms with van der Waals surface area (Å²) in [5.41, 5.74) is 0.726. The van der Waals surface area contributed by atoms with Gasteiger partial charge < -0.3 is 44.7 Å². The number of allylic oxidation sites excluding steroid dienone is 2. The molecule has 0 saturated carbocycles. The number of esters is 1. The number of unbranched alkanes of at least 4 members (excludes halogenated alkanes) is 2. The number of benzene rings is 2. The average molecular weight is 836 g/mol. The SMILES string of the molecule is CCCCN(CCCC)/N=C/c1cc2c3c4c(C)c(O)c2c(O)c1NC(=O)/C(C)=C\C=C\C(C)C(O)C(C)C(O)C(C)C(OC(C)=O)C(C)C(OC)/C=C/OC(C)(O4)C3=O. The minimum atomic E-state index is -1.93. The van der Waals surface area contributed by atoms with Gasteiger partial charge in [-0.15, -0.1) is 0 Å². The van der Waals surface area contributed by atoms with E-state index in [1.807, 2.05) is 5.01 Å². The Balaban J connectivity index is 1.95. The predicted octanol–water partition coefficient (Wildman–Crippen LogP) is 7.28. The maximum absolute atomic E-state index is 14.5. The van der Waals surface area contributed by atoms with Crippen LogP contribution in [0.2, 0.25) is 0 Å². The lowest BCUT2D eigenvalue weighted by Crippen LogP contribution is -2.46. The number of nitrogens with zero attached hydrogens (tertiary/aromatic N) is 2. The quantitative estimate of drug-likeness (QED) is 0.0695. The molecule has 2 aromatic rings. The smallest absolute Gasteiger partial charge is 0.312 e. The predicted molar refractivity (Wildman–Crippen MR) is 231 cm³/mol. The van der Waals surface area contributed by atoms with Crippen molar-refractivity contribution in [2.75, 3.05) is 25.5 Å². The first-order valence-electron chi connectivity index (χ1n) is 21.0. The topological polar surface area (TPSA) is 197 Å². The highest BCUT2D eigenvalue weighted by Gasteiger charge is 2.49. The van der Waals surface area contributed by atoms with Crippen LogP contribution in [-0.4, -0.2) is 99.7 Å². The average Bonchev–Trinajstić information content (AvgIpc) is 3.48. The number of hydrogen-bond acceptors (Lipinski definition) is 13. The number of nitrogens with one attached hydrogen (secondary N) is 1. The number of phenols is 2. The van der Waals surface area contributed by atoms with Gasteiger partial charge in [0.1, 0.15) is 17.6 Å². The van der Waals surface area contributed by atoms with Crippen molar-refractivity contribution in [3.63, 3.8) is 0 Å². The van der Waals surface area contributed by atoms with Gasteiger partial charge in [0.25, 0.3) is 11.7 Å². The van der Waals surface area contributed by atoms with Crippen LogP contribution in [0.5, 0.6) is 17.2 Å². The summed E-state index contributed by atoms with van der Waals surface area (Å²) in [6.07, 6.45) is 9.19. The molecule has 9 atom stereocenters. The normalized spacial score (nSPS) is 29.8. The van der Waals surface area contributed by atoms with Gasteiger partial charge in [-0.2, -0.15) is 5.10 Å². The number of ketones is 1. The molecule has 14 nitrogen and oxygen atoms in total. The molecule has 5 N–H and O–H groups in total. The van der Waals surface area contributed by atoms with E-state index in [4.69, 9.17) is 24.0 Å². The van der Waals surface area contributed by atoms with Gasteiger partial charge in [-0.05, 0) is 38.8 Å². The number of amides is 1. The first-order chi connectivity index (χ1) is 28.3. The zero-order valence-electron chi connectivity index (χ0n) is 36.9. The number of carbonyl (C=O) groups is 3. The molecule has 0 aromatic heterocycles. The van der Waals surface area contributed by atoms with Crippen molar-refractivity contribution in [3.05, 3.63) is 58.9 Å². The molecule has 0 spiro atoms. The van der Waals surface area contributed by atoms with Gasteiger partial charge in [-0.25, -0.2) is 0 Å². The standard InChI is InChI=1S/C46H65N3O11/c1-12-14-20-49(21-15-13-2)47-24-32-23-33-35-40(53)30(8)43-36(33)44(55)46(10,60-43)58-22-19-34(57-11)27(5)42(59-31(9)50)29(7)39(52)28(6)38(51)25(3)17-16-18-26(4)45(56)48-37(32)41(35)54/h16-19,22-25,27-29,34,38-39,42,51-54H,12-15,20-21H2,1-11H3,(H,48,56)/b17-16+,22-19+,26-18-,47-24+. The van der Waals surface area contributed by atoms with Crippen LogP contribution in [0.3, 0.4) is 0 Å². The second-order valence-electron chi connectivity index (χ2n) is 16.4. The molecular weight excluding hydrogens is 771 g/mol. The van der Waals surface area contributed by atoms with E-state index in [-0.39, 0.29) is 50.2 Å². The van der Waals surface area contributed by atoms with Gasteiger partial charge >= 0.3 is 11.8 Å². The molecule has 3 aliphatic rings. The van der Waals surface area contributed by atoms with Crippen molar-refractivity contribution < 1.29 is 53.8 Å². The summed E-state index contributed by atoms with van der Waals surface area (Å²) in [5.74, 6) is -6.79. The second kappa shape index (κ2) is 20.6. The number of Topliss-reactive ketones (excluding diaryl/α,β-unsaturated/α-hetero) is 1. The lowest BCUT2D eigenvalue weighted by Gasteiger charge is -2.38. The fraction of sp³-hybridized carbons (Fsp3) is 0.565. The molecule has 5 bridgehead atoms. The van der Waals surface area contributed by atoms with E-state index in [1.165, 1.54) is 33.4 Å². The Morgan fingerprint density at radius 3 is 2.23 bits per heavy atom. The number of anilines is 1. The minimum absolute atomic E-state index is 0.0242. The summed E-state index contributed by atoms with van der Waals surface area (Å²) in [4.78, 5) is 40.6. The highest BCUT2D eigenvalue weighted by Crippen LogP contribution is 2.51. The van der Waals surface area contributed by atoms with Crippen molar-refractivity contribution in [1.82, 2.24) is 5.01 Å². The molecular formula is C46H65N3O11. The summed E-state index contributed by atoms with van der Waals surface area (Å²) in [7, 11) is 1.47. The van der Waals surface area contributed by atoms with Crippen molar-refractivity contribution >= 4 is 40.3 Å². The lowest BCUT2D eigenvalue weighted by molar-refractivity contribution is -0.160. The Morgan fingerprint density at radius 2 is 1.63 bits per heavy atom. The molecule has 60 heavy (non-hydrogen) atoms. The molecule has 9 unspecified atom stereocenters. The highest BCUT2D eigenvalue weighted by molar-refractivity contribution is 6.21. The number of hydrogen-bond donors (Lipinski definition) is 5. The van der Waals surface area contributed by atoms with Crippen LogP contribution in [0.25, 0.3) is 10.8 Å². The van der Waals surface area contributed by atoms with E-state index in [1.54, 1.807) is 71.9 Å². The Morgan fingerprint density at radius 1 is 0.983 bits per heavy atom. The molecule has 1 amide bonds. The molecule has 330 valence electrons. The van der Waals surface area contributed by atoms with E-state index in [9.17, 15) is 34.8 Å². The largest absolute Gasteiger partial charge is 0.507 e. The number of aromatic hydroxyl groups is 2. The fourth-order valence-corrected chi connectivity index (χ4v) is 7.83. The van der Waals surface area contributed by atoms with E-state index in [2.05, 4.69) is 19.2 Å². The molecule has 0 saturated heterocycles. The molecule has 2 aromatic carbocycles. The number of aliphatic hydroxyl groups is 2. The Kier molecular flexibility index (Phi) is 16.4. The van der Waals surface area contributed by atoms with Crippen molar-refractivity contribution in [3.8, 4) is 17.2 Å². The molecule has 3 heterocycles. The zero-order chi connectivity index (χ0) is 44.6. The van der Waals surface area contributed by atoms with Crippen LogP contribution in [0.4, 0.5) is 5.69 Å². The van der Waals surface area contributed by atoms with Crippen LogP contribution in [0.1, 0.15) is 109 Å². The van der Waals surface area contributed by atoms with E-state index < -0.39 is 77.3 Å². The second-order valence-corrected chi connectivity index (χ2v) is 16.4. The summed E-state index contributed by atoms with van der Waals surface area (Å²) in [6, 6.07) is 1.59. The number of rotatable bonds is 10. The van der Waals surface area contributed by atoms with E-state index in [0.29, 0.717) is 13.1 Å². The molecule has 14 heteroatoms. The molecule has 5 rings (SSSR count). The van der Waals surface area contributed by atoms with Crippen LogP contribution >= 0.6 is 0 Å². The number of hydrazone groups is 1. The van der Waals surface area contributed by atoms with Crippen molar-refractivity contribution in [2.45, 2.75) is 125 Å². The zero-order valence-corrected chi connectivity index (χ0v) is 36.9. The number of aliphatic hydroxyl groups excluding tert-OH is 2. The summed E-state index contributed by atoms with van der Waals surface area (Å²) in [6.45, 7) is 18.4. The van der Waals surface area contributed by atoms with Gasteiger partial charge in [-0.1, -0.05) is 72.6 Å². The van der Waals surface area contributed by atoms with Crippen LogP contribution in [0, 0.1) is 30.6 Å². The Labute approximate surface area is 353 Å². The van der Waals surface area contributed by atoms with Crippen LogP contribution in [0.15, 0.2) is 47.3 Å². The van der Waals surface area contributed by atoms with Gasteiger partial charge in [0.05, 0.1) is 47.4 Å². The number of ether oxygens (including phenoxy) is 4. The van der Waals surface area contributed by atoms with Crippen LogP contribution < -0.4 is 10.1 Å². The molecule has 0 radical (unpaired) electrons. The first-order valence-corrected chi connectivity index (χ1v) is 21.0. The first kappa shape index (κ1) is 47.8. The number of methoxy groups -OCH3 is 1. The minimum Gasteiger partial charge on any atom is -0.507 e. The highest BCUT2D eigenvalue weighted by atomic mass is 16.7. The number of phenolic OH excluding ortho intramolecular Hbond substituents is 2. The summed E-state index contributed by atoms with van der Waals surface area (Å²) in [5, 5.41) is 56.1. The van der Waals surface area contributed by atoms with Crippen molar-refractivity contribution in [2.24, 2.45) is 28.8 Å². The van der Waals surface area contributed by atoms with Gasteiger partial charge in [0, 0.05) is 79.8 Å². The maximum Gasteiger partial charge on any atom is 0.312 e. The molecule has 3 aliphatic heterocycles. The molecule has 0 fully saturated rings. The summed E-state index contributed by atoms with van der Waals surface area (Å²) < 4.78 is 23.8. The Bertz CT molecular complexity index is 2000. The van der Waals surface area contributed by atoms with E-state index in [0.717, 1.165) is 25.7 Å². The van der Waals surface area contributed by atoms with Gasteiger partial charge in [0.2, 0.25) is 0 Å². The molecule has 0 aliphatic carbocycles. The van der Waals surface area contributed by atoms with Crippen LogP contribution in [-0.2, 0) is 23.8 Å². The van der Waals surface area contributed by atoms with Gasteiger partial charge in [0.15, 0.2) is 5.75 Å². The van der Waals surface area contributed by atoms with Gasteiger partial charge in [-0.3, -0.25) is 19.4 Å². The third-order valence-corrected chi connectivity index (χ3v) is 11.8. The third kappa shape index (κ3) is 10.3. The number of fused-ring (bicyclic) bond motifs is 14. The lowest BCUT2D eigenvalue weighted by atomic mass is 9.78.